The van der Waals surface area contributed by atoms with Crippen molar-refractivity contribution in [3.05, 3.63) is 17.8 Å². The number of hydrogen-bond donors (Lipinski definition) is 1. The lowest BCUT2D eigenvalue weighted by molar-refractivity contribution is 0.420. The molecule has 0 aromatic carbocycles. The SMILES string of the molecule is CCC(C)CN(CC)c1ccc(CNC(C)(C)C)nn1. The van der Waals surface area contributed by atoms with E-state index in [0.717, 1.165) is 31.1 Å². The third-order valence-electron chi connectivity index (χ3n) is 3.44. The quantitative estimate of drug-likeness (QED) is 0.831. The molecule has 1 heterocycles. The summed E-state index contributed by atoms with van der Waals surface area (Å²) in [5, 5.41) is 12.1. The minimum atomic E-state index is 0.104. The van der Waals surface area contributed by atoms with Crippen molar-refractivity contribution >= 4 is 5.82 Å². The molecule has 0 spiro atoms. The first-order valence-corrected chi connectivity index (χ1v) is 7.68. The summed E-state index contributed by atoms with van der Waals surface area (Å²) < 4.78 is 0. The van der Waals surface area contributed by atoms with E-state index in [0.29, 0.717) is 5.92 Å². The summed E-state index contributed by atoms with van der Waals surface area (Å²) in [5.41, 5.74) is 1.09. The van der Waals surface area contributed by atoms with Crippen LogP contribution in [0.2, 0.25) is 0 Å². The zero-order valence-electron chi connectivity index (χ0n) is 13.9. The molecule has 0 saturated heterocycles. The van der Waals surface area contributed by atoms with Gasteiger partial charge in [-0.15, -0.1) is 5.10 Å². The van der Waals surface area contributed by atoms with Crippen molar-refractivity contribution in [2.24, 2.45) is 5.92 Å². The maximum Gasteiger partial charge on any atom is 0.151 e. The predicted octanol–water partition coefficient (Wildman–Crippen LogP) is 3.24. The molecule has 0 saturated carbocycles. The van der Waals surface area contributed by atoms with Crippen molar-refractivity contribution in [2.75, 3.05) is 18.0 Å². The van der Waals surface area contributed by atoms with Gasteiger partial charge in [0.1, 0.15) is 0 Å². The van der Waals surface area contributed by atoms with Crippen molar-refractivity contribution in [2.45, 2.75) is 60.0 Å². The Labute approximate surface area is 124 Å². The third-order valence-corrected chi connectivity index (χ3v) is 3.44. The number of nitrogens with zero attached hydrogens (tertiary/aromatic N) is 3. The molecule has 0 aliphatic carbocycles. The molecule has 0 aliphatic heterocycles. The normalized spacial score (nSPS) is 13.3. The Balaban J connectivity index is 2.64. The van der Waals surface area contributed by atoms with Crippen molar-refractivity contribution in [3.8, 4) is 0 Å². The molecule has 1 aromatic rings. The molecule has 0 aliphatic rings. The molecule has 114 valence electrons. The molecule has 0 fully saturated rings. The molecular formula is C16H30N4. The van der Waals surface area contributed by atoms with Crippen LogP contribution in [0.15, 0.2) is 12.1 Å². The van der Waals surface area contributed by atoms with Crippen LogP contribution in [-0.2, 0) is 6.54 Å². The molecule has 0 bridgehead atoms. The topological polar surface area (TPSA) is 41.0 Å². The monoisotopic (exact) mass is 278 g/mol. The van der Waals surface area contributed by atoms with Gasteiger partial charge < -0.3 is 10.2 Å². The van der Waals surface area contributed by atoms with E-state index in [1.165, 1.54) is 6.42 Å². The van der Waals surface area contributed by atoms with Gasteiger partial charge in [0.05, 0.1) is 5.69 Å². The highest BCUT2D eigenvalue weighted by Gasteiger charge is 2.12. The fourth-order valence-corrected chi connectivity index (χ4v) is 1.86. The van der Waals surface area contributed by atoms with Crippen LogP contribution in [0.3, 0.4) is 0 Å². The second-order valence-corrected chi connectivity index (χ2v) is 6.54. The Kier molecular flexibility index (Phi) is 6.40. The summed E-state index contributed by atoms with van der Waals surface area (Å²) in [6, 6.07) is 4.15. The van der Waals surface area contributed by atoms with Crippen molar-refractivity contribution < 1.29 is 0 Å². The first-order valence-electron chi connectivity index (χ1n) is 7.68. The van der Waals surface area contributed by atoms with Gasteiger partial charge in [0.25, 0.3) is 0 Å². The number of rotatable bonds is 7. The lowest BCUT2D eigenvalue weighted by Crippen LogP contribution is -2.35. The van der Waals surface area contributed by atoms with E-state index in [1.807, 2.05) is 0 Å². The molecule has 0 amide bonds. The van der Waals surface area contributed by atoms with Crippen LogP contribution in [0.1, 0.15) is 53.7 Å². The van der Waals surface area contributed by atoms with Crippen LogP contribution in [0.25, 0.3) is 0 Å². The highest BCUT2D eigenvalue weighted by molar-refractivity contribution is 5.37. The summed E-state index contributed by atoms with van der Waals surface area (Å²) in [6.45, 7) is 15.9. The smallest absolute Gasteiger partial charge is 0.151 e. The van der Waals surface area contributed by atoms with Gasteiger partial charge in [0.15, 0.2) is 5.82 Å². The number of hydrogen-bond acceptors (Lipinski definition) is 4. The lowest BCUT2D eigenvalue weighted by atomic mass is 10.1. The molecule has 1 N–H and O–H groups in total. The Hall–Kier alpha value is -1.16. The summed E-state index contributed by atoms with van der Waals surface area (Å²) in [5.74, 6) is 1.66. The van der Waals surface area contributed by atoms with Gasteiger partial charge in [0.2, 0.25) is 0 Å². The van der Waals surface area contributed by atoms with E-state index >= 15 is 0 Å². The summed E-state index contributed by atoms with van der Waals surface area (Å²) in [4.78, 5) is 2.29. The fraction of sp³-hybridized carbons (Fsp3) is 0.750. The lowest BCUT2D eigenvalue weighted by Gasteiger charge is -2.25. The molecule has 1 rings (SSSR count). The van der Waals surface area contributed by atoms with Gasteiger partial charge in [-0.3, -0.25) is 0 Å². The Morgan fingerprint density at radius 2 is 1.90 bits per heavy atom. The van der Waals surface area contributed by atoms with E-state index in [2.05, 4.69) is 74.1 Å². The summed E-state index contributed by atoms with van der Waals surface area (Å²) >= 11 is 0. The molecule has 4 heteroatoms. The Bertz CT molecular complexity index is 380. The number of nitrogens with one attached hydrogen (secondary N) is 1. The van der Waals surface area contributed by atoms with Crippen LogP contribution in [0.5, 0.6) is 0 Å². The van der Waals surface area contributed by atoms with Crippen molar-refractivity contribution in [1.29, 1.82) is 0 Å². The average Bonchev–Trinajstić information content (AvgIpc) is 2.42. The van der Waals surface area contributed by atoms with Gasteiger partial charge in [-0.2, -0.15) is 5.10 Å². The fourth-order valence-electron chi connectivity index (χ4n) is 1.86. The zero-order chi connectivity index (χ0) is 15.2. The Morgan fingerprint density at radius 1 is 1.20 bits per heavy atom. The second-order valence-electron chi connectivity index (χ2n) is 6.54. The maximum absolute atomic E-state index is 4.37. The van der Waals surface area contributed by atoms with Gasteiger partial charge in [0, 0.05) is 25.2 Å². The van der Waals surface area contributed by atoms with E-state index < -0.39 is 0 Å². The van der Waals surface area contributed by atoms with Gasteiger partial charge in [-0.05, 0) is 45.7 Å². The van der Waals surface area contributed by atoms with Crippen LogP contribution >= 0.6 is 0 Å². The van der Waals surface area contributed by atoms with Gasteiger partial charge in [-0.25, -0.2) is 0 Å². The van der Waals surface area contributed by atoms with Gasteiger partial charge >= 0.3 is 0 Å². The molecular weight excluding hydrogens is 248 g/mol. The molecule has 1 unspecified atom stereocenters. The van der Waals surface area contributed by atoms with E-state index in [4.69, 9.17) is 0 Å². The largest absolute Gasteiger partial charge is 0.355 e. The second kappa shape index (κ2) is 7.58. The third kappa shape index (κ3) is 5.87. The minimum Gasteiger partial charge on any atom is -0.355 e. The number of aromatic nitrogens is 2. The standard InChI is InChI=1S/C16H30N4/c1-7-13(3)12-20(8-2)15-10-9-14(18-19-15)11-17-16(4,5)6/h9-10,13,17H,7-8,11-12H2,1-6H3. The first-order chi connectivity index (χ1) is 9.35. The highest BCUT2D eigenvalue weighted by Crippen LogP contribution is 2.13. The predicted molar refractivity (Wildman–Crippen MR) is 86.0 cm³/mol. The zero-order valence-corrected chi connectivity index (χ0v) is 13.9. The number of anilines is 1. The first kappa shape index (κ1) is 16.9. The highest BCUT2D eigenvalue weighted by atomic mass is 15.3. The summed E-state index contributed by atoms with van der Waals surface area (Å²) in [7, 11) is 0. The van der Waals surface area contributed by atoms with Crippen LogP contribution in [0.4, 0.5) is 5.82 Å². The Morgan fingerprint density at radius 3 is 2.35 bits per heavy atom. The minimum absolute atomic E-state index is 0.104. The molecule has 4 nitrogen and oxygen atoms in total. The van der Waals surface area contributed by atoms with Crippen LogP contribution in [0, 0.1) is 5.92 Å². The molecule has 20 heavy (non-hydrogen) atoms. The molecule has 1 aromatic heterocycles. The maximum atomic E-state index is 4.37. The van der Waals surface area contributed by atoms with E-state index in [-0.39, 0.29) is 5.54 Å². The van der Waals surface area contributed by atoms with E-state index in [9.17, 15) is 0 Å². The van der Waals surface area contributed by atoms with Crippen molar-refractivity contribution in [1.82, 2.24) is 15.5 Å². The molecule has 0 radical (unpaired) electrons. The molecule has 1 atom stereocenters. The van der Waals surface area contributed by atoms with Crippen LogP contribution < -0.4 is 10.2 Å². The summed E-state index contributed by atoms with van der Waals surface area (Å²) in [6.07, 6.45) is 1.19. The van der Waals surface area contributed by atoms with E-state index in [1.54, 1.807) is 0 Å². The van der Waals surface area contributed by atoms with Crippen LogP contribution in [-0.4, -0.2) is 28.8 Å². The van der Waals surface area contributed by atoms with Gasteiger partial charge in [-0.1, -0.05) is 20.3 Å². The van der Waals surface area contributed by atoms with Crippen molar-refractivity contribution in [3.63, 3.8) is 0 Å². The average molecular weight is 278 g/mol.